The molecule has 2 rings (SSSR count). The lowest BCUT2D eigenvalue weighted by Gasteiger charge is -2.19. The smallest absolute Gasteiger partial charge is 0.235 e. The largest absolute Gasteiger partial charge is 0.486 e. The summed E-state index contributed by atoms with van der Waals surface area (Å²) >= 11 is 5.95. The van der Waals surface area contributed by atoms with E-state index in [9.17, 15) is 10.1 Å². The second-order valence-corrected chi connectivity index (χ2v) is 3.54. The van der Waals surface area contributed by atoms with Gasteiger partial charge in [-0.15, -0.1) is 0 Å². The maximum absolute atomic E-state index is 10.2. The van der Waals surface area contributed by atoms with Crippen molar-refractivity contribution in [2.24, 2.45) is 0 Å². The summed E-state index contributed by atoms with van der Waals surface area (Å²) in [5.41, 5.74) is 0.603. The van der Waals surface area contributed by atoms with Gasteiger partial charge < -0.3 is 9.47 Å². The highest BCUT2D eigenvalue weighted by Gasteiger charge is 2.15. The van der Waals surface area contributed by atoms with Gasteiger partial charge in [-0.1, -0.05) is 11.6 Å². The van der Waals surface area contributed by atoms with Crippen LogP contribution in [0.3, 0.4) is 0 Å². The molecule has 0 spiro atoms. The monoisotopic (exact) mass is 241 g/mol. The fourth-order valence-corrected chi connectivity index (χ4v) is 1.65. The van der Waals surface area contributed by atoms with Gasteiger partial charge in [0.05, 0.1) is 9.95 Å². The Morgan fingerprint density at radius 3 is 2.88 bits per heavy atom. The van der Waals surface area contributed by atoms with Crippen molar-refractivity contribution in [3.05, 3.63) is 39.0 Å². The van der Waals surface area contributed by atoms with E-state index in [1.54, 1.807) is 12.1 Å². The van der Waals surface area contributed by atoms with E-state index in [1.807, 2.05) is 0 Å². The molecular formula is C10H8ClNO4. The molecule has 0 unspecified atom stereocenters. The first kappa shape index (κ1) is 10.8. The Bertz CT molecular complexity index is 458. The number of hydrogen-bond donors (Lipinski definition) is 0. The van der Waals surface area contributed by atoms with Crippen LogP contribution in [0.25, 0.3) is 6.08 Å². The highest BCUT2D eigenvalue weighted by molar-refractivity contribution is 6.32. The number of nitro groups is 1. The van der Waals surface area contributed by atoms with Crippen LogP contribution >= 0.6 is 11.6 Å². The molecule has 1 heterocycles. The van der Waals surface area contributed by atoms with Crippen molar-refractivity contribution in [1.82, 2.24) is 0 Å². The number of rotatable bonds is 2. The summed E-state index contributed by atoms with van der Waals surface area (Å²) < 4.78 is 10.7. The number of ether oxygens (including phenoxy) is 2. The van der Waals surface area contributed by atoms with Gasteiger partial charge in [-0.05, 0) is 17.7 Å². The van der Waals surface area contributed by atoms with Crippen LogP contribution in [-0.2, 0) is 0 Å². The summed E-state index contributed by atoms with van der Waals surface area (Å²) in [6.45, 7) is 0.905. The SMILES string of the molecule is O=[N+]([O-])/C=C/c1cc(Cl)c2c(c1)OCCO2. The Morgan fingerprint density at radius 2 is 2.12 bits per heavy atom. The van der Waals surface area contributed by atoms with E-state index in [0.29, 0.717) is 35.3 Å². The van der Waals surface area contributed by atoms with Gasteiger partial charge in [-0.3, -0.25) is 10.1 Å². The average Bonchev–Trinajstić information content (AvgIpc) is 2.26. The number of halogens is 1. The Morgan fingerprint density at radius 1 is 1.38 bits per heavy atom. The van der Waals surface area contributed by atoms with Gasteiger partial charge in [0.15, 0.2) is 11.5 Å². The normalized spacial score (nSPS) is 14.1. The maximum Gasteiger partial charge on any atom is 0.235 e. The standard InChI is InChI=1S/C10H8ClNO4/c11-8-5-7(1-2-12(13)14)6-9-10(8)16-4-3-15-9/h1-2,5-6H,3-4H2/b2-1+. The van der Waals surface area contributed by atoms with Crippen molar-refractivity contribution in [2.75, 3.05) is 13.2 Å². The van der Waals surface area contributed by atoms with Gasteiger partial charge in [0.1, 0.15) is 13.2 Å². The van der Waals surface area contributed by atoms with Crippen molar-refractivity contribution in [3.63, 3.8) is 0 Å². The molecule has 1 aromatic carbocycles. The molecule has 16 heavy (non-hydrogen) atoms. The van der Waals surface area contributed by atoms with Crippen LogP contribution in [0.1, 0.15) is 5.56 Å². The molecule has 0 atom stereocenters. The molecule has 0 saturated heterocycles. The minimum absolute atomic E-state index is 0.389. The van der Waals surface area contributed by atoms with E-state index in [2.05, 4.69) is 0 Å². The van der Waals surface area contributed by atoms with E-state index in [-0.39, 0.29) is 0 Å². The lowest BCUT2D eigenvalue weighted by Crippen LogP contribution is -2.15. The molecule has 5 nitrogen and oxygen atoms in total. The number of fused-ring (bicyclic) bond motifs is 1. The molecule has 6 heteroatoms. The molecule has 0 saturated carbocycles. The van der Waals surface area contributed by atoms with Crippen LogP contribution in [0.2, 0.25) is 5.02 Å². The minimum atomic E-state index is -0.537. The zero-order valence-corrected chi connectivity index (χ0v) is 8.94. The van der Waals surface area contributed by atoms with E-state index in [1.165, 1.54) is 6.08 Å². The summed E-state index contributed by atoms with van der Waals surface area (Å²) in [6, 6.07) is 3.25. The first-order chi connectivity index (χ1) is 7.66. The third kappa shape index (κ3) is 2.25. The highest BCUT2D eigenvalue weighted by atomic mass is 35.5. The molecule has 0 N–H and O–H groups in total. The van der Waals surface area contributed by atoms with E-state index in [4.69, 9.17) is 21.1 Å². The Labute approximate surface area is 96.4 Å². The summed E-state index contributed by atoms with van der Waals surface area (Å²) in [5, 5.41) is 10.6. The molecule has 0 radical (unpaired) electrons. The van der Waals surface area contributed by atoms with Crippen molar-refractivity contribution < 1.29 is 14.4 Å². The minimum Gasteiger partial charge on any atom is -0.486 e. The molecule has 0 bridgehead atoms. The molecule has 0 fully saturated rings. The van der Waals surface area contributed by atoms with Gasteiger partial charge in [0, 0.05) is 6.08 Å². The lowest BCUT2D eigenvalue weighted by molar-refractivity contribution is -0.400. The van der Waals surface area contributed by atoms with Gasteiger partial charge in [0.2, 0.25) is 6.20 Å². The fraction of sp³-hybridized carbons (Fsp3) is 0.200. The maximum atomic E-state index is 10.2. The Kier molecular flexibility index (Phi) is 2.96. The molecule has 84 valence electrons. The third-order valence-electron chi connectivity index (χ3n) is 2.01. The topological polar surface area (TPSA) is 61.6 Å². The van der Waals surface area contributed by atoms with E-state index < -0.39 is 4.92 Å². The predicted octanol–water partition coefficient (Wildman–Crippen LogP) is 2.36. The van der Waals surface area contributed by atoms with Crippen LogP contribution in [0, 0.1) is 10.1 Å². The summed E-state index contributed by atoms with van der Waals surface area (Å²) in [6.07, 6.45) is 2.20. The van der Waals surface area contributed by atoms with Crippen LogP contribution in [0.15, 0.2) is 18.3 Å². The molecule has 0 aliphatic carbocycles. The van der Waals surface area contributed by atoms with Crippen LogP contribution < -0.4 is 9.47 Å². The number of benzene rings is 1. The summed E-state index contributed by atoms with van der Waals surface area (Å²) in [5.74, 6) is 1.01. The second-order valence-electron chi connectivity index (χ2n) is 3.13. The first-order valence-corrected chi connectivity index (χ1v) is 4.95. The van der Waals surface area contributed by atoms with Crippen LogP contribution in [0.4, 0.5) is 0 Å². The van der Waals surface area contributed by atoms with Gasteiger partial charge in [-0.25, -0.2) is 0 Å². The van der Waals surface area contributed by atoms with E-state index in [0.717, 1.165) is 6.20 Å². The van der Waals surface area contributed by atoms with Crippen molar-refractivity contribution in [2.45, 2.75) is 0 Å². The average molecular weight is 242 g/mol. The molecule has 1 aromatic rings. The van der Waals surface area contributed by atoms with Crippen molar-refractivity contribution in [3.8, 4) is 11.5 Å². The Balaban J connectivity index is 2.35. The number of nitrogens with zero attached hydrogens (tertiary/aromatic N) is 1. The predicted molar refractivity (Wildman–Crippen MR) is 58.5 cm³/mol. The zero-order chi connectivity index (χ0) is 11.5. The fourth-order valence-electron chi connectivity index (χ4n) is 1.37. The van der Waals surface area contributed by atoms with E-state index >= 15 is 0 Å². The van der Waals surface area contributed by atoms with Crippen molar-refractivity contribution in [1.29, 1.82) is 0 Å². The molecular weight excluding hydrogens is 234 g/mol. The van der Waals surface area contributed by atoms with Crippen molar-refractivity contribution >= 4 is 17.7 Å². The van der Waals surface area contributed by atoms with Crippen LogP contribution in [-0.4, -0.2) is 18.1 Å². The van der Waals surface area contributed by atoms with Gasteiger partial charge in [0.25, 0.3) is 0 Å². The summed E-state index contributed by atoms with van der Waals surface area (Å²) in [7, 11) is 0. The van der Waals surface area contributed by atoms with Gasteiger partial charge in [-0.2, -0.15) is 0 Å². The quantitative estimate of drug-likeness (QED) is 0.589. The molecule has 0 aromatic heterocycles. The molecule has 1 aliphatic rings. The molecule has 0 amide bonds. The zero-order valence-electron chi connectivity index (χ0n) is 8.18. The molecule has 1 aliphatic heterocycles. The lowest BCUT2D eigenvalue weighted by atomic mass is 10.2. The van der Waals surface area contributed by atoms with Gasteiger partial charge >= 0.3 is 0 Å². The second kappa shape index (κ2) is 4.40. The Hall–Kier alpha value is -1.75. The summed E-state index contributed by atoms with van der Waals surface area (Å²) in [4.78, 5) is 9.64. The third-order valence-corrected chi connectivity index (χ3v) is 2.29. The first-order valence-electron chi connectivity index (χ1n) is 4.57. The van der Waals surface area contributed by atoms with Crippen LogP contribution in [0.5, 0.6) is 11.5 Å². The number of hydrogen-bond acceptors (Lipinski definition) is 4. The highest BCUT2D eigenvalue weighted by Crippen LogP contribution is 2.38.